The number of nitrogens with one attached hydrogen (secondary N) is 1. The lowest BCUT2D eigenvalue weighted by Crippen LogP contribution is -2.39. The minimum absolute atomic E-state index is 0.565. The average molecular weight is 328 g/mol. The maximum atomic E-state index is 4.84. The van der Waals surface area contributed by atoms with E-state index in [4.69, 9.17) is 4.99 Å². The van der Waals surface area contributed by atoms with Crippen LogP contribution < -0.4 is 5.32 Å². The Balaban J connectivity index is 1.64. The third-order valence-electron chi connectivity index (χ3n) is 4.18. The maximum absolute atomic E-state index is 4.84. The van der Waals surface area contributed by atoms with Crippen LogP contribution in [0.15, 0.2) is 34.6 Å². The highest BCUT2D eigenvalue weighted by molar-refractivity contribution is 7.09. The molecule has 0 aliphatic heterocycles. The number of rotatable bonds is 5. The van der Waals surface area contributed by atoms with Crippen molar-refractivity contribution in [3.8, 4) is 0 Å². The summed E-state index contributed by atoms with van der Waals surface area (Å²) >= 11 is 1.70. The van der Waals surface area contributed by atoms with Crippen LogP contribution in [0.25, 0.3) is 0 Å². The van der Waals surface area contributed by atoms with Crippen LogP contribution in [0.3, 0.4) is 0 Å². The van der Waals surface area contributed by atoms with Crippen molar-refractivity contribution in [3.63, 3.8) is 0 Å². The van der Waals surface area contributed by atoms with E-state index < -0.39 is 0 Å². The van der Waals surface area contributed by atoms with E-state index in [0.717, 1.165) is 42.7 Å². The van der Waals surface area contributed by atoms with Crippen molar-refractivity contribution in [2.45, 2.75) is 32.7 Å². The molecule has 1 aromatic heterocycles. The summed E-state index contributed by atoms with van der Waals surface area (Å²) in [5.74, 6) is 1.53. The highest BCUT2D eigenvalue weighted by atomic mass is 32.1. The largest absolute Gasteiger partial charge is 0.357 e. The van der Waals surface area contributed by atoms with Gasteiger partial charge in [-0.25, -0.2) is 4.98 Å². The molecule has 0 bridgehead atoms. The predicted molar refractivity (Wildman–Crippen MR) is 97.2 cm³/mol. The van der Waals surface area contributed by atoms with Crippen LogP contribution in [0.5, 0.6) is 0 Å². The number of hydrogen-bond donors (Lipinski definition) is 1. The molecule has 1 aromatic carbocycles. The zero-order chi connectivity index (χ0) is 16.2. The summed E-state index contributed by atoms with van der Waals surface area (Å²) in [6.07, 6.45) is 1.15. The first kappa shape index (κ1) is 16.0. The van der Waals surface area contributed by atoms with Gasteiger partial charge in [0.05, 0.1) is 17.2 Å². The number of benzene rings is 1. The first-order chi connectivity index (χ1) is 11.2. The summed E-state index contributed by atoms with van der Waals surface area (Å²) in [5.41, 5.74) is 4.04. The van der Waals surface area contributed by atoms with Gasteiger partial charge in [0.2, 0.25) is 0 Å². The lowest BCUT2D eigenvalue weighted by molar-refractivity contribution is 0.468. The van der Waals surface area contributed by atoms with Crippen LogP contribution in [0.2, 0.25) is 0 Å². The zero-order valence-corrected chi connectivity index (χ0v) is 14.9. The van der Waals surface area contributed by atoms with Crippen LogP contribution in [-0.4, -0.2) is 36.0 Å². The Morgan fingerprint density at radius 1 is 1.43 bits per heavy atom. The van der Waals surface area contributed by atoms with Crippen molar-refractivity contribution in [2.24, 2.45) is 4.99 Å². The predicted octanol–water partition coefficient (Wildman–Crippen LogP) is 3.19. The SMILES string of the molecule is CCNC(=NCC1Cc2ccccc21)N(C)Cc1csc(C)n1. The number of aliphatic imine (C=N–C) groups is 1. The number of hydrogen-bond acceptors (Lipinski definition) is 3. The summed E-state index contributed by atoms with van der Waals surface area (Å²) in [6.45, 7) is 6.66. The van der Waals surface area contributed by atoms with E-state index in [1.54, 1.807) is 11.3 Å². The lowest BCUT2D eigenvalue weighted by Gasteiger charge is -2.29. The highest BCUT2D eigenvalue weighted by Crippen LogP contribution is 2.34. The summed E-state index contributed by atoms with van der Waals surface area (Å²) in [6, 6.07) is 8.69. The van der Waals surface area contributed by atoms with E-state index in [0.29, 0.717) is 5.92 Å². The Labute approximate surface area is 142 Å². The molecule has 1 heterocycles. The third kappa shape index (κ3) is 3.72. The Kier molecular flexibility index (Phi) is 4.96. The molecule has 122 valence electrons. The van der Waals surface area contributed by atoms with Crippen molar-refractivity contribution in [3.05, 3.63) is 51.5 Å². The van der Waals surface area contributed by atoms with Gasteiger partial charge in [0.25, 0.3) is 0 Å². The number of nitrogens with zero attached hydrogens (tertiary/aromatic N) is 3. The normalized spacial score (nSPS) is 16.7. The molecular formula is C18H24N4S. The fourth-order valence-electron chi connectivity index (χ4n) is 2.99. The Hall–Kier alpha value is -1.88. The fraction of sp³-hybridized carbons (Fsp3) is 0.444. The van der Waals surface area contributed by atoms with Crippen LogP contribution in [0.4, 0.5) is 0 Å². The van der Waals surface area contributed by atoms with E-state index in [-0.39, 0.29) is 0 Å². The topological polar surface area (TPSA) is 40.5 Å². The van der Waals surface area contributed by atoms with Gasteiger partial charge in [0.1, 0.15) is 0 Å². The third-order valence-corrected chi connectivity index (χ3v) is 5.01. The van der Waals surface area contributed by atoms with Gasteiger partial charge in [0, 0.05) is 31.4 Å². The van der Waals surface area contributed by atoms with Crippen molar-refractivity contribution in [1.82, 2.24) is 15.2 Å². The average Bonchev–Trinajstić information content (AvgIpc) is 2.92. The number of aromatic nitrogens is 1. The first-order valence-corrected chi connectivity index (χ1v) is 9.03. The van der Waals surface area contributed by atoms with Crippen LogP contribution >= 0.6 is 11.3 Å². The number of fused-ring (bicyclic) bond motifs is 1. The van der Waals surface area contributed by atoms with Crippen molar-refractivity contribution in [2.75, 3.05) is 20.1 Å². The Morgan fingerprint density at radius 3 is 2.96 bits per heavy atom. The molecule has 0 fully saturated rings. The number of aryl methyl sites for hydroxylation is 1. The van der Waals surface area contributed by atoms with Crippen molar-refractivity contribution >= 4 is 17.3 Å². The minimum atomic E-state index is 0.565. The Bertz CT molecular complexity index is 692. The van der Waals surface area contributed by atoms with Crippen molar-refractivity contribution in [1.29, 1.82) is 0 Å². The second kappa shape index (κ2) is 7.13. The van der Waals surface area contributed by atoms with Crippen LogP contribution in [-0.2, 0) is 13.0 Å². The summed E-state index contributed by atoms with van der Waals surface area (Å²) in [7, 11) is 2.07. The fourth-order valence-corrected chi connectivity index (χ4v) is 3.59. The lowest BCUT2D eigenvalue weighted by atomic mass is 9.78. The van der Waals surface area contributed by atoms with Gasteiger partial charge in [-0.3, -0.25) is 4.99 Å². The quantitative estimate of drug-likeness (QED) is 0.677. The molecule has 23 heavy (non-hydrogen) atoms. The van der Waals surface area contributed by atoms with Gasteiger partial charge in [-0.15, -0.1) is 11.3 Å². The monoisotopic (exact) mass is 328 g/mol. The summed E-state index contributed by atoms with van der Waals surface area (Å²) in [5, 5.41) is 6.62. The molecule has 0 saturated carbocycles. The molecular weight excluding hydrogens is 304 g/mol. The molecule has 0 amide bonds. The number of thiazole rings is 1. The van der Waals surface area contributed by atoms with Crippen LogP contribution in [0, 0.1) is 6.92 Å². The molecule has 1 aliphatic carbocycles. The van der Waals surface area contributed by atoms with Gasteiger partial charge in [-0.05, 0) is 31.4 Å². The molecule has 5 heteroatoms. The van der Waals surface area contributed by atoms with E-state index in [9.17, 15) is 0 Å². The smallest absolute Gasteiger partial charge is 0.194 e. The maximum Gasteiger partial charge on any atom is 0.194 e. The molecule has 1 unspecified atom stereocenters. The minimum Gasteiger partial charge on any atom is -0.357 e. The second-order valence-electron chi connectivity index (χ2n) is 6.01. The molecule has 1 atom stereocenters. The van der Waals surface area contributed by atoms with E-state index in [1.807, 2.05) is 6.92 Å². The standard InChI is InChI=1S/C18H24N4S/c1-4-19-18(22(3)11-16-12-23-13(2)21-16)20-10-15-9-14-7-5-6-8-17(14)15/h5-8,12,15H,4,9-11H2,1-3H3,(H,19,20). The van der Waals surface area contributed by atoms with E-state index >= 15 is 0 Å². The van der Waals surface area contributed by atoms with Gasteiger partial charge in [-0.2, -0.15) is 0 Å². The molecule has 4 nitrogen and oxygen atoms in total. The van der Waals surface area contributed by atoms with E-state index in [2.05, 4.69) is 58.8 Å². The molecule has 3 rings (SSSR count). The number of guanidine groups is 1. The second-order valence-corrected chi connectivity index (χ2v) is 7.07. The Morgan fingerprint density at radius 2 is 2.26 bits per heavy atom. The van der Waals surface area contributed by atoms with Gasteiger partial charge >= 0.3 is 0 Å². The molecule has 0 radical (unpaired) electrons. The highest BCUT2D eigenvalue weighted by Gasteiger charge is 2.25. The van der Waals surface area contributed by atoms with Crippen LogP contribution in [0.1, 0.15) is 34.7 Å². The molecule has 1 N–H and O–H groups in total. The first-order valence-electron chi connectivity index (χ1n) is 8.15. The zero-order valence-electron chi connectivity index (χ0n) is 14.0. The summed E-state index contributed by atoms with van der Waals surface area (Å²) in [4.78, 5) is 11.5. The molecule has 0 saturated heterocycles. The molecule has 0 spiro atoms. The molecule has 2 aromatic rings. The van der Waals surface area contributed by atoms with Gasteiger partial charge in [-0.1, -0.05) is 24.3 Å². The molecule has 1 aliphatic rings. The van der Waals surface area contributed by atoms with Gasteiger partial charge in [0.15, 0.2) is 5.96 Å². The summed E-state index contributed by atoms with van der Waals surface area (Å²) < 4.78 is 0. The van der Waals surface area contributed by atoms with Gasteiger partial charge < -0.3 is 10.2 Å². The van der Waals surface area contributed by atoms with Crippen molar-refractivity contribution < 1.29 is 0 Å². The van der Waals surface area contributed by atoms with E-state index in [1.165, 1.54) is 11.1 Å².